The number of nitro benzene ring substituents is 1. The van der Waals surface area contributed by atoms with E-state index in [1.54, 1.807) is 18.3 Å². The van der Waals surface area contributed by atoms with Crippen molar-refractivity contribution in [3.05, 3.63) is 111 Å². The molecule has 2 unspecified atom stereocenters. The maximum absolute atomic E-state index is 12.0. The number of thiocarbonyl (C=S) groups is 1. The second-order valence-corrected chi connectivity index (χ2v) is 9.50. The molecule has 188 valence electrons. The monoisotopic (exact) mass is 513 g/mol. The zero-order chi connectivity index (χ0) is 26.3. The second kappa shape index (κ2) is 9.67. The number of methoxy groups -OCH3 is 1. The van der Waals surface area contributed by atoms with Gasteiger partial charge in [-0.1, -0.05) is 18.2 Å². The lowest BCUT2D eigenvalue weighted by Gasteiger charge is -2.28. The summed E-state index contributed by atoms with van der Waals surface area (Å²) < 4.78 is 7.17. The number of benzene rings is 2. The Bertz CT molecular complexity index is 1500. The predicted molar refractivity (Wildman–Crippen MR) is 148 cm³/mol. The number of anilines is 1. The van der Waals surface area contributed by atoms with Crippen molar-refractivity contribution in [2.24, 2.45) is 0 Å². The van der Waals surface area contributed by atoms with Gasteiger partial charge in [-0.25, -0.2) is 0 Å². The molecule has 1 aliphatic rings. The van der Waals surface area contributed by atoms with Gasteiger partial charge in [-0.2, -0.15) is 0 Å². The Balaban J connectivity index is 1.71. The van der Waals surface area contributed by atoms with Crippen molar-refractivity contribution in [1.82, 2.24) is 14.9 Å². The molecule has 2 atom stereocenters. The number of hydrogen-bond acceptors (Lipinski definition) is 5. The summed E-state index contributed by atoms with van der Waals surface area (Å²) in [5, 5.41) is 16.1. The van der Waals surface area contributed by atoms with Gasteiger partial charge in [-0.05, 0) is 86.6 Å². The van der Waals surface area contributed by atoms with Crippen LogP contribution < -0.4 is 15.0 Å². The molecule has 0 radical (unpaired) electrons. The Morgan fingerprint density at radius 2 is 1.86 bits per heavy atom. The average Bonchev–Trinajstić information content (AvgIpc) is 3.39. The number of nitro groups is 1. The van der Waals surface area contributed by atoms with E-state index >= 15 is 0 Å². The van der Waals surface area contributed by atoms with E-state index < -0.39 is 0 Å². The van der Waals surface area contributed by atoms with Gasteiger partial charge in [0, 0.05) is 23.3 Å². The first-order valence-electron chi connectivity index (χ1n) is 11.9. The maximum Gasteiger partial charge on any atom is 0.296 e. The van der Waals surface area contributed by atoms with Crippen LogP contribution in [0.1, 0.15) is 40.3 Å². The summed E-state index contributed by atoms with van der Waals surface area (Å²) in [6.45, 7) is 6.00. The van der Waals surface area contributed by atoms with Crippen molar-refractivity contribution in [3.8, 4) is 11.4 Å². The zero-order valence-electron chi connectivity index (χ0n) is 21.0. The molecule has 0 amide bonds. The molecule has 3 heterocycles. The first-order chi connectivity index (χ1) is 17.8. The highest BCUT2D eigenvalue weighted by atomic mass is 32.1. The van der Waals surface area contributed by atoms with Gasteiger partial charge in [0.15, 0.2) is 5.11 Å². The molecule has 0 spiro atoms. The molecule has 0 saturated carbocycles. The van der Waals surface area contributed by atoms with Crippen molar-refractivity contribution < 1.29 is 9.66 Å². The van der Waals surface area contributed by atoms with Crippen molar-refractivity contribution in [1.29, 1.82) is 0 Å². The summed E-state index contributed by atoms with van der Waals surface area (Å²) in [5.41, 5.74) is 6.20. The molecule has 9 heteroatoms. The molecule has 0 aliphatic carbocycles. The van der Waals surface area contributed by atoms with Crippen LogP contribution in [0, 0.1) is 30.9 Å². The van der Waals surface area contributed by atoms with Gasteiger partial charge < -0.3 is 19.5 Å². The fourth-order valence-electron chi connectivity index (χ4n) is 5.15. The van der Waals surface area contributed by atoms with Gasteiger partial charge in [0.2, 0.25) is 0 Å². The van der Waals surface area contributed by atoms with Gasteiger partial charge in [-0.3, -0.25) is 15.1 Å². The number of nitrogens with zero attached hydrogens (tertiary/aromatic N) is 4. The van der Waals surface area contributed by atoms with Crippen LogP contribution >= 0.6 is 12.2 Å². The number of nitrogens with one attached hydrogen (secondary N) is 1. The number of hydrogen-bond donors (Lipinski definition) is 1. The molecule has 4 aromatic rings. The Labute approximate surface area is 220 Å². The van der Waals surface area contributed by atoms with E-state index in [1.165, 1.54) is 13.2 Å². The first kappa shape index (κ1) is 24.5. The third-order valence-corrected chi connectivity index (χ3v) is 7.10. The minimum Gasteiger partial charge on any atom is -0.496 e. The van der Waals surface area contributed by atoms with Gasteiger partial charge in [-0.15, -0.1) is 0 Å². The lowest BCUT2D eigenvalue weighted by atomic mass is 9.96. The average molecular weight is 514 g/mol. The Morgan fingerprint density at radius 1 is 1.05 bits per heavy atom. The van der Waals surface area contributed by atoms with E-state index in [4.69, 9.17) is 17.0 Å². The van der Waals surface area contributed by atoms with Crippen molar-refractivity contribution in [2.75, 3.05) is 12.0 Å². The van der Waals surface area contributed by atoms with Crippen molar-refractivity contribution >= 4 is 28.7 Å². The van der Waals surface area contributed by atoms with E-state index in [-0.39, 0.29) is 22.7 Å². The van der Waals surface area contributed by atoms with Crippen molar-refractivity contribution in [3.63, 3.8) is 0 Å². The molecule has 2 aromatic heterocycles. The smallest absolute Gasteiger partial charge is 0.296 e. The lowest BCUT2D eigenvalue weighted by Crippen LogP contribution is -2.29. The Hall–Kier alpha value is -4.24. The second-order valence-electron chi connectivity index (χ2n) is 9.11. The van der Waals surface area contributed by atoms with Crippen LogP contribution in [0.15, 0.2) is 72.9 Å². The molecule has 5 rings (SSSR count). The molecule has 37 heavy (non-hydrogen) atoms. The van der Waals surface area contributed by atoms with E-state index in [1.807, 2.05) is 48.7 Å². The summed E-state index contributed by atoms with van der Waals surface area (Å²) in [6, 6.07) is 20.6. The van der Waals surface area contributed by atoms with Crippen LogP contribution in [0.3, 0.4) is 0 Å². The molecule has 1 aliphatic heterocycles. The maximum atomic E-state index is 12.0. The molecule has 0 bridgehead atoms. The van der Waals surface area contributed by atoms with Gasteiger partial charge in [0.05, 0.1) is 35.9 Å². The zero-order valence-corrected chi connectivity index (χ0v) is 21.8. The molecule has 2 aromatic carbocycles. The van der Waals surface area contributed by atoms with Gasteiger partial charge in [0.1, 0.15) is 11.4 Å². The number of pyridine rings is 1. The quantitative estimate of drug-likeness (QED) is 0.195. The third-order valence-electron chi connectivity index (χ3n) is 6.79. The lowest BCUT2D eigenvalue weighted by molar-refractivity contribution is -0.384. The van der Waals surface area contributed by atoms with E-state index in [0.29, 0.717) is 16.5 Å². The fourth-order valence-corrected chi connectivity index (χ4v) is 5.50. The van der Waals surface area contributed by atoms with Gasteiger partial charge in [0.25, 0.3) is 5.69 Å². The molecule has 1 fully saturated rings. The highest BCUT2D eigenvalue weighted by molar-refractivity contribution is 7.80. The SMILES string of the molecule is COc1ccc(-n2c(C)cc(C3C(c4ccccn4)NC(=S)N3c3cccc(C)c3)c2C)c([N+](=O)[O-])c1. The standard InChI is InChI=1S/C28H27N5O3S/c1-17-8-7-9-20(14-17)32-27(26(30-28(32)37)23-10-5-6-13-29-23)22-15-18(2)31(19(22)3)24-12-11-21(36-4)16-25(24)33(34)35/h5-16,26-27H,1-4H3,(H,30,37). The molecular weight excluding hydrogens is 486 g/mol. The highest BCUT2D eigenvalue weighted by Gasteiger charge is 2.42. The minimum atomic E-state index is -0.377. The van der Waals surface area contributed by atoms with Gasteiger partial charge >= 0.3 is 0 Å². The number of aromatic nitrogens is 2. The molecule has 8 nitrogen and oxygen atoms in total. The molecule has 1 saturated heterocycles. The summed E-state index contributed by atoms with van der Waals surface area (Å²) in [5.74, 6) is 0.435. The summed E-state index contributed by atoms with van der Waals surface area (Å²) in [7, 11) is 1.50. The fraction of sp³-hybridized carbons (Fsp3) is 0.214. The highest BCUT2D eigenvalue weighted by Crippen LogP contribution is 2.44. The summed E-state index contributed by atoms with van der Waals surface area (Å²) in [4.78, 5) is 18.4. The predicted octanol–water partition coefficient (Wildman–Crippen LogP) is 5.89. The van der Waals surface area contributed by atoms with E-state index in [9.17, 15) is 10.1 Å². The third kappa shape index (κ3) is 4.31. The molecular formula is C28H27N5O3S. The summed E-state index contributed by atoms with van der Waals surface area (Å²) >= 11 is 5.86. The number of aryl methyl sites for hydroxylation is 2. The number of rotatable bonds is 6. The first-order valence-corrected chi connectivity index (χ1v) is 12.3. The summed E-state index contributed by atoms with van der Waals surface area (Å²) in [6.07, 6.45) is 1.77. The topological polar surface area (TPSA) is 85.5 Å². The number of ether oxygens (including phenoxy) is 1. The van der Waals surface area contributed by atoms with Crippen LogP contribution in [0.2, 0.25) is 0 Å². The van der Waals surface area contributed by atoms with E-state index in [0.717, 1.165) is 33.9 Å². The largest absolute Gasteiger partial charge is 0.496 e. The van der Waals surface area contributed by atoms with Crippen LogP contribution in [-0.2, 0) is 0 Å². The van der Waals surface area contributed by atoms with Crippen LogP contribution in [-0.4, -0.2) is 26.7 Å². The van der Waals surface area contributed by atoms with E-state index in [2.05, 4.69) is 40.3 Å². The molecule has 1 N–H and O–H groups in total. The Kier molecular flexibility index (Phi) is 6.39. The van der Waals surface area contributed by atoms with Crippen LogP contribution in [0.5, 0.6) is 5.75 Å². The minimum absolute atomic E-state index is 0.0235. The van der Waals surface area contributed by atoms with Crippen molar-refractivity contribution in [2.45, 2.75) is 32.9 Å². The Morgan fingerprint density at radius 3 is 2.54 bits per heavy atom. The normalized spacial score (nSPS) is 17.1. The van der Waals surface area contributed by atoms with Crippen LogP contribution in [0.4, 0.5) is 11.4 Å². The van der Waals surface area contributed by atoms with Crippen LogP contribution in [0.25, 0.3) is 5.69 Å².